The number of fused-ring (bicyclic) bond motifs is 1. The van der Waals surface area contributed by atoms with Crippen molar-refractivity contribution in [3.05, 3.63) is 63.5 Å². The number of halogens is 1. The molecule has 116 valence electrons. The number of aromatic nitrogens is 2. The van der Waals surface area contributed by atoms with Gasteiger partial charge in [-0.05, 0) is 49.4 Å². The smallest absolute Gasteiger partial charge is 0.292 e. The van der Waals surface area contributed by atoms with Crippen molar-refractivity contribution in [2.24, 2.45) is 5.92 Å². The van der Waals surface area contributed by atoms with Crippen LogP contribution in [0.2, 0.25) is 5.02 Å². The maximum Gasteiger partial charge on any atom is 0.348 e. The molecule has 1 aliphatic rings. The molecule has 23 heavy (non-hydrogen) atoms. The van der Waals surface area contributed by atoms with Crippen LogP contribution in [0, 0.1) is 12.8 Å². The Hall–Kier alpha value is -2.13. The van der Waals surface area contributed by atoms with Gasteiger partial charge >= 0.3 is 5.69 Å². The topological polar surface area (TPSA) is 34.9 Å². The first-order valence-electron chi connectivity index (χ1n) is 7.89. The van der Waals surface area contributed by atoms with Crippen molar-refractivity contribution in [2.75, 3.05) is 0 Å². The molecule has 0 N–H and O–H groups in total. The Labute approximate surface area is 139 Å². The van der Waals surface area contributed by atoms with E-state index in [0.29, 0.717) is 10.9 Å². The summed E-state index contributed by atoms with van der Waals surface area (Å²) in [6.07, 6.45) is 2.39. The lowest BCUT2D eigenvalue weighted by Gasteiger charge is -2.14. The Morgan fingerprint density at radius 1 is 1.22 bits per heavy atom. The van der Waals surface area contributed by atoms with E-state index in [0.717, 1.165) is 34.3 Å². The second-order valence-electron chi connectivity index (χ2n) is 6.27. The van der Waals surface area contributed by atoms with E-state index in [2.05, 4.69) is 4.98 Å². The molecule has 0 amide bonds. The maximum atomic E-state index is 12.6. The zero-order valence-corrected chi connectivity index (χ0v) is 13.7. The monoisotopic (exact) mass is 324 g/mol. The molecule has 0 atom stereocenters. The molecule has 4 rings (SSSR count). The Kier molecular flexibility index (Phi) is 3.46. The average molecular weight is 325 g/mol. The second kappa shape index (κ2) is 5.50. The van der Waals surface area contributed by atoms with Crippen LogP contribution in [0.1, 0.15) is 18.4 Å². The predicted molar refractivity (Wildman–Crippen MR) is 93.9 cm³/mol. The van der Waals surface area contributed by atoms with Crippen LogP contribution < -0.4 is 5.69 Å². The van der Waals surface area contributed by atoms with Crippen LogP contribution >= 0.6 is 11.6 Å². The Morgan fingerprint density at radius 2 is 2.00 bits per heavy atom. The van der Waals surface area contributed by atoms with Gasteiger partial charge in [-0.25, -0.2) is 4.79 Å². The summed E-state index contributed by atoms with van der Waals surface area (Å²) in [5.74, 6) is 0.609. The van der Waals surface area contributed by atoms with Crippen molar-refractivity contribution in [1.82, 2.24) is 9.55 Å². The third kappa shape index (κ3) is 2.66. The lowest BCUT2D eigenvalue weighted by molar-refractivity contribution is 0.614. The first-order chi connectivity index (χ1) is 11.1. The number of benzene rings is 2. The summed E-state index contributed by atoms with van der Waals surface area (Å²) in [4.78, 5) is 17.0. The van der Waals surface area contributed by atoms with E-state index in [1.54, 1.807) is 4.57 Å². The SMILES string of the molecule is Cc1ccccc1-c1nc(=O)n(CC2CC2)c2ccc(Cl)cc12. The van der Waals surface area contributed by atoms with Crippen molar-refractivity contribution in [1.29, 1.82) is 0 Å². The van der Waals surface area contributed by atoms with Gasteiger partial charge in [0, 0.05) is 22.5 Å². The first-order valence-corrected chi connectivity index (χ1v) is 8.27. The van der Waals surface area contributed by atoms with Crippen LogP contribution in [-0.4, -0.2) is 9.55 Å². The van der Waals surface area contributed by atoms with Gasteiger partial charge in [-0.2, -0.15) is 4.98 Å². The normalized spacial score (nSPS) is 14.3. The molecular formula is C19H17ClN2O. The highest BCUT2D eigenvalue weighted by molar-refractivity contribution is 6.31. The van der Waals surface area contributed by atoms with Gasteiger partial charge in [-0.3, -0.25) is 4.57 Å². The fraction of sp³-hybridized carbons (Fsp3) is 0.263. The van der Waals surface area contributed by atoms with E-state index in [1.807, 2.05) is 49.4 Å². The van der Waals surface area contributed by atoms with Gasteiger partial charge in [0.05, 0.1) is 11.2 Å². The molecule has 0 radical (unpaired) electrons. The van der Waals surface area contributed by atoms with Gasteiger partial charge in [-0.1, -0.05) is 35.9 Å². The van der Waals surface area contributed by atoms with E-state index in [9.17, 15) is 4.79 Å². The summed E-state index contributed by atoms with van der Waals surface area (Å²) >= 11 is 6.21. The number of aryl methyl sites for hydroxylation is 1. The highest BCUT2D eigenvalue weighted by Crippen LogP contribution is 2.33. The van der Waals surface area contributed by atoms with Crippen LogP contribution in [0.5, 0.6) is 0 Å². The van der Waals surface area contributed by atoms with Crippen molar-refractivity contribution in [2.45, 2.75) is 26.3 Å². The zero-order chi connectivity index (χ0) is 16.0. The zero-order valence-electron chi connectivity index (χ0n) is 12.9. The summed E-state index contributed by atoms with van der Waals surface area (Å²) in [5.41, 5.74) is 3.54. The molecule has 0 unspecified atom stereocenters. The number of rotatable bonds is 3. The van der Waals surface area contributed by atoms with Crippen molar-refractivity contribution in [3.8, 4) is 11.3 Å². The first kappa shape index (κ1) is 14.5. The van der Waals surface area contributed by atoms with E-state index < -0.39 is 0 Å². The van der Waals surface area contributed by atoms with Gasteiger partial charge < -0.3 is 0 Å². The van der Waals surface area contributed by atoms with Crippen LogP contribution in [-0.2, 0) is 6.54 Å². The minimum atomic E-state index is -0.176. The fourth-order valence-corrected chi connectivity index (χ4v) is 3.20. The molecule has 3 nitrogen and oxygen atoms in total. The van der Waals surface area contributed by atoms with Crippen LogP contribution in [0.4, 0.5) is 0 Å². The molecule has 1 fully saturated rings. The quantitative estimate of drug-likeness (QED) is 0.714. The van der Waals surface area contributed by atoms with Gasteiger partial charge in [0.2, 0.25) is 0 Å². The largest absolute Gasteiger partial charge is 0.348 e. The van der Waals surface area contributed by atoms with Crippen molar-refractivity contribution >= 4 is 22.5 Å². The van der Waals surface area contributed by atoms with Gasteiger partial charge in [0.15, 0.2) is 0 Å². The van der Waals surface area contributed by atoms with E-state index in [1.165, 1.54) is 12.8 Å². The van der Waals surface area contributed by atoms with Gasteiger partial charge in [0.25, 0.3) is 0 Å². The number of hydrogen-bond acceptors (Lipinski definition) is 2. The van der Waals surface area contributed by atoms with E-state index in [4.69, 9.17) is 11.6 Å². The Bertz CT molecular complexity index is 957. The Morgan fingerprint density at radius 3 is 2.74 bits per heavy atom. The molecule has 1 aliphatic carbocycles. The lowest BCUT2D eigenvalue weighted by atomic mass is 10.0. The summed E-state index contributed by atoms with van der Waals surface area (Å²) in [6.45, 7) is 2.78. The van der Waals surface area contributed by atoms with Crippen LogP contribution in [0.15, 0.2) is 47.3 Å². The van der Waals surface area contributed by atoms with Gasteiger partial charge in [0.1, 0.15) is 0 Å². The number of hydrogen-bond donors (Lipinski definition) is 0. The van der Waals surface area contributed by atoms with Crippen LogP contribution in [0.25, 0.3) is 22.2 Å². The minimum Gasteiger partial charge on any atom is -0.292 e. The molecular weight excluding hydrogens is 308 g/mol. The fourth-order valence-electron chi connectivity index (χ4n) is 3.03. The standard InChI is InChI=1S/C19H17ClN2O/c1-12-4-2-3-5-15(12)18-16-10-14(20)8-9-17(16)22(19(23)21-18)11-13-6-7-13/h2-5,8-10,13H,6-7,11H2,1H3. The highest BCUT2D eigenvalue weighted by atomic mass is 35.5. The molecule has 0 spiro atoms. The second-order valence-corrected chi connectivity index (χ2v) is 6.71. The summed E-state index contributed by atoms with van der Waals surface area (Å²) in [6, 6.07) is 13.7. The maximum absolute atomic E-state index is 12.6. The van der Waals surface area contributed by atoms with Crippen molar-refractivity contribution in [3.63, 3.8) is 0 Å². The number of nitrogens with zero attached hydrogens (tertiary/aromatic N) is 2. The summed E-state index contributed by atoms with van der Waals surface area (Å²) in [5, 5.41) is 1.60. The third-order valence-corrected chi connectivity index (χ3v) is 4.72. The highest BCUT2D eigenvalue weighted by Gasteiger charge is 2.24. The summed E-state index contributed by atoms with van der Waals surface area (Å²) in [7, 11) is 0. The van der Waals surface area contributed by atoms with Crippen LogP contribution in [0.3, 0.4) is 0 Å². The molecule has 0 bridgehead atoms. The molecule has 0 aliphatic heterocycles. The minimum absolute atomic E-state index is 0.176. The average Bonchev–Trinajstić information content (AvgIpc) is 3.35. The van der Waals surface area contributed by atoms with E-state index >= 15 is 0 Å². The molecule has 1 heterocycles. The molecule has 4 heteroatoms. The Balaban J connectivity index is 2.03. The van der Waals surface area contributed by atoms with Gasteiger partial charge in [-0.15, -0.1) is 0 Å². The third-order valence-electron chi connectivity index (χ3n) is 4.48. The van der Waals surface area contributed by atoms with Crippen molar-refractivity contribution < 1.29 is 0 Å². The summed E-state index contributed by atoms with van der Waals surface area (Å²) < 4.78 is 1.80. The molecule has 0 saturated heterocycles. The van der Waals surface area contributed by atoms with E-state index in [-0.39, 0.29) is 5.69 Å². The molecule has 1 saturated carbocycles. The predicted octanol–water partition coefficient (Wildman–Crippen LogP) is 4.44. The lowest BCUT2D eigenvalue weighted by Crippen LogP contribution is -2.25. The molecule has 2 aromatic carbocycles. The molecule has 1 aromatic heterocycles. The molecule has 3 aromatic rings.